The van der Waals surface area contributed by atoms with E-state index in [0.717, 1.165) is 0 Å². The lowest BCUT2D eigenvalue weighted by Gasteiger charge is -2.54. The molecule has 164 valence electrons. The lowest BCUT2D eigenvalue weighted by molar-refractivity contribution is -0.473. The maximum absolute atomic E-state index is 14.6. The third-order valence-electron chi connectivity index (χ3n) is 4.29. The highest BCUT2D eigenvalue weighted by molar-refractivity contribution is 5.81. The van der Waals surface area contributed by atoms with E-state index in [2.05, 4.69) is 11.3 Å². The van der Waals surface area contributed by atoms with Crippen LogP contribution in [0.4, 0.5) is 43.9 Å². The van der Waals surface area contributed by atoms with Crippen LogP contribution in [0.5, 0.6) is 0 Å². The molecule has 1 aliphatic carbocycles. The van der Waals surface area contributed by atoms with Crippen LogP contribution in [0.15, 0.2) is 12.7 Å². The minimum atomic E-state index is -7.00. The van der Waals surface area contributed by atoms with Gasteiger partial charge in [-0.25, -0.2) is 13.6 Å². The molecule has 3 N–H and O–H groups in total. The second-order valence-electron chi connectivity index (χ2n) is 6.03. The second kappa shape index (κ2) is 6.45. The molecule has 0 amide bonds. The van der Waals surface area contributed by atoms with E-state index in [1.807, 2.05) is 0 Å². The summed E-state index contributed by atoms with van der Waals surface area (Å²) in [5, 5.41) is 27.8. The fraction of sp³-hybridized carbons (Fsp3) is 0.769. The number of rotatable bonds is 4. The van der Waals surface area contributed by atoms with Gasteiger partial charge < -0.3 is 20.1 Å². The van der Waals surface area contributed by atoms with Gasteiger partial charge in [0, 0.05) is 6.08 Å². The number of carbonyl (C=O) groups is 1. The zero-order chi connectivity index (χ0) is 22.6. The Morgan fingerprint density at radius 3 is 1.71 bits per heavy atom. The zero-order valence-electron chi connectivity index (χ0n) is 13.3. The van der Waals surface area contributed by atoms with Crippen LogP contribution in [-0.2, 0) is 9.53 Å². The number of hydrogen-bond donors (Lipinski definition) is 3. The third kappa shape index (κ3) is 2.62. The molecule has 1 aliphatic rings. The van der Waals surface area contributed by atoms with Crippen molar-refractivity contribution in [1.82, 2.24) is 0 Å². The molecule has 0 saturated heterocycles. The monoisotopic (exact) mass is 438 g/mol. The molecule has 0 aliphatic heterocycles. The standard InChI is InChI=1S/C13H12F10O5/c1-2-6(24)28-9(16)3-7(25,4-14)10(17,18)8(26,5-15)11(19,20)13(23,27)12(9,21)22/h2,25-27H,1,3-5H2. The zero-order valence-corrected chi connectivity index (χ0v) is 13.3. The van der Waals surface area contributed by atoms with Crippen molar-refractivity contribution in [3.05, 3.63) is 12.7 Å². The van der Waals surface area contributed by atoms with E-state index >= 15 is 0 Å². The van der Waals surface area contributed by atoms with Gasteiger partial charge in [0.15, 0.2) is 5.60 Å². The van der Waals surface area contributed by atoms with Gasteiger partial charge in [-0.2, -0.15) is 35.1 Å². The Labute approximate surface area is 149 Å². The smallest absolute Gasteiger partial charge is 0.379 e. The van der Waals surface area contributed by atoms with Crippen LogP contribution in [0.1, 0.15) is 6.42 Å². The first-order valence-corrected chi connectivity index (χ1v) is 6.94. The summed E-state index contributed by atoms with van der Waals surface area (Å²) in [5.41, 5.74) is -11.1. The summed E-state index contributed by atoms with van der Waals surface area (Å²) in [6.45, 7) is -4.03. The summed E-state index contributed by atoms with van der Waals surface area (Å²) in [4.78, 5) is 11.0. The number of hydrogen-bond acceptors (Lipinski definition) is 5. The van der Waals surface area contributed by atoms with Gasteiger partial charge in [-0.05, 0) is 0 Å². The van der Waals surface area contributed by atoms with Crippen molar-refractivity contribution in [3.63, 3.8) is 0 Å². The van der Waals surface area contributed by atoms with Gasteiger partial charge in [0.2, 0.25) is 5.60 Å². The molecule has 1 rings (SSSR count). The van der Waals surface area contributed by atoms with Gasteiger partial charge in [0.1, 0.15) is 13.3 Å². The predicted molar refractivity (Wildman–Crippen MR) is 67.5 cm³/mol. The summed E-state index contributed by atoms with van der Waals surface area (Å²) in [6.07, 6.45) is -3.34. The topological polar surface area (TPSA) is 87.0 Å². The summed E-state index contributed by atoms with van der Waals surface area (Å²) in [7, 11) is 0. The van der Waals surface area contributed by atoms with Crippen LogP contribution < -0.4 is 0 Å². The van der Waals surface area contributed by atoms with E-state index < -0.39 is 66.4 Å². The average Bonchev–Trinajstić information content (AvgIpc) is 2.58. The molecule has 0 aromatic rings. The lowest BCUT2D eigenvalue weighted by atomic mass is 9.69. The molecule has 0 aromatic heterocycles. The van der Waals surface area contributed by atoms with E-state index in [9.17, 15) is 58.9 Å². The van der Waals surface area contributed by atoms with Crippen molar-refractivity contribution in [2.75, 3.05) is 13.3 Å². The van der Waals surface area contributed by atoms with E-state index in [-0.39, 0.29) is 6.08 Å². The van der Waals surface area contributed by atoms with Gasteiger partial charge in [0.25, 0.3) is 0 Å². The molecule has 0 aromatic carbocycles. The van der Waals surface area contributed by atoms with Crippen molar-refractivity contribution in [3.8, 4) is 0 Å². The molecule has 1 fully saturated rings. The summed E-state index contributed by atoms with van der Waals surface area (Å²) >= 11 is 0. The first-order valence-electron chi connectivity index (χ1n) is 6.94. The van der Waals surface area contributed by atoms with Crippen molar-refractivity contribution >= 4 is 5.97 Å². The maximum atomic E-state index is 14.6. The highest BCUT2D eigenvalue weighted by Gasteiger charge is 2.92. The number of aliphatic hydroxyl groups is 3. The fourth-order valence-corrected chi connectivity index (χ4v) is 2.50. The molecule has 15 heteroatoms. The SMILES string of the molecule is C=CC(=O)OC1(F)CC(O)(CF)C(F)(F)C(O)(CF)C(F)(F)C(O)(F)C1(F)F. The van der Waals surface area contributed by atoms with Gasteiger partial charge in [-0.15, -0.1) is 0 Å². The molecule has 0 radical (unpaired) electrons. The molecule has 0 spiro atoms. The number of ether oxygens (including phenoxy) is 1. The Kier molecular flexibility index (Phi) is 5.63. The molecular weight excluding hydrogens is 426 g/mol. The van der Waals surface area contributed by atoms with Gasteiger partial charge in [0.05, 0.1) is 6.42 Å². The Hall–Kier alpha value is -1.61. The van der Waals surface area contributed by atoms with Crippen LogP contribution in [0.25, 0.3) is 0 Å². The molecule has 0 bridgehead atoms. The molecule has 5 nitrogen and oxygen atoms in total. The highest BCUT2D eigenvalue weighted by Crippen LogP contribution is 2.62. The maximum Gasteiger partial charge on any atom is 0.379 e. The molecular formula is C13H12F10O5. The van der Waals surface area contributed by atoms with Crippen LogP contribution in [-0.4, -0.2) is 75.3 Å². The van der Waals surface area contributed by atoms with Crippen molar-refractivity contribution < 1.29 is 68.8 Å². The predicted octanol–water partition coefficient (Wildman–Crippen LogP) is 1.75. The summed E-state index contributed by atoms with van der Waals surface area (Å²) < 4.78 is 143. The number of alkyl halides is 10. The van der Waals surface area contributed by atoms with E-state index in [1.165, 1.54) is 0 Å². The van der Waals surface area contributed by atoms with Crippen LogP contribution in [0.2, 0.25) is 0 Å². The minimum absolute atomic E-state index is 0.129. The summed E-state index contributed by atoms with van der Waals surface area (Å²) in [6, 6.07) is 0. The van der Waals surface area contributed by atoms with Crippen molar-refractivity contribution in [2.24, 2.45) is 0 Å². The number of esters is 1. The van der Waals surface area contributed by atoms with Gasteiger partial charge >= 0.3 is 35.4 Å². The minimum Gasteiger partial charge on any atom is -0.418 e. The first kappa shape index (κ1) is 24.4. The van der Waals surface area contributed by atoms with E-state index in [4.69, 9.17) is 5.11 Å². The highest BCUT2D eigenvalue weighted by atomic mass is 19.3. The Balaban J connectivity index is 4.01. The summed E-state index contributed by atoms with van der Waals surface area (Å²) in [5.74, 6) is -35.0. The van der Waals surface area contributed by atoms with Crippen molar-refractivity contribution in [1.29, 1.82) is 0 Å². The van der Waals surface area contributed by atoms with Crippen molar-refractivity contribution in [2.45, 2.75) is 47.1 Å². The first-order chi connectivity index (χ1) is 12.3. The largest absolute Gasteiger partial charge is 0.418 e. The Bertz CT molecular complexity index is 656. The average molecular weight is 438 g/mol. The molecule has 4 atom stereocenters. The second-order valence-corrected chi connectivity index (χ2v) is 6.03. The normalized spacial score (nSPS) is 42.2. The third-order valence-corrected chi connectivity index (χ3v) is 4.29. The Morgan fingerprint density at radius 1 is 0.893 bits per heavy atom. The van der Waals surface area contributed by atoms with Crippen LogP contribution in [0.3, 0.4) is 0 Å². The van der Waals surface area contributed by atoms with Gasteiger partial charge in [-0.3, -0.25) is 0 Å². The Morgan fingerprint density at radius 2 is 1.36 bits per heavy atom. The molecule has 0 heterocycles. The molecule has 4 unspecified atom stereocenters. The molecule has 28 heavy (non-hydrogen) atoms. The fourth-order valence-electron chi connectivity index (χ4n) is 2.50. The van der Waals surface area contributed by atoms with Crippen LogP contribution >= 0.6 is 0 Å². The van der Waals surface area contributed by atoms with E-state index in [0.29, 0.717) is 0 Å². The quantitative estimate of drug-likeness (QED) is 0.354. The van der Waals surface area contributed by atoms with Crippen LogP contribution in [0, 0.1) is 0 Å². The van der Waals surface area contributed by atoms with E-state index in [1.54, 1.807) is 0 Å². The number of carbonyl (C=O) groups excluding carboxylic acids is 1. The lowest BCUT2D eigenvalue weighted by Crippen LogP contribution is -2.83. The van der Waals surface area contributed by atoms with Gasteiger partial charge in [-0.1, -0.05) is 6.58 Å². The number of halogens is 10. The molecule has 1 saturated carbocycles.